The molecule has 0 saturated heterocycles. The summed E-state index contributed by atoms with van der Waals surface area (Å²) in [4.78, 5) is 4.20. The van der Waals surface area contributed by atoms with E-state index in [-0.39, 0.29) is 5.60 Å². The predicted molar refractivity (Wildman–Crippen MR) is 90.0 cm³/mol. The zero-order valence-corrected chi connectivity index (χ0v) is 14.9. The molecule has 0 unspecified atom stereocenters. The molecule has 0 saturated carbocycles. The van der Waals surface area contributed by atoms with Gasteiger partial charge in [-0.3, -0.25) is 4.99 Å². The van der Waals surface area contributed by atoms with Gasteiger partial charge in [0, 0.05) is 27.2 Å². The molecule has 0 atom stereocenters. The van der Waals surface area contributed by atoms with Crippen LogP contribution in [0, 0.1) is 0 Å². The Balaban J connectivity index is 2.54. The summed E-state index contributed by atoms with van der Waals surface area (Å²) in [6.45, 7) is 5.40. The van der Waals surface area contributed by atoms with Gasteiger partial charge in [0.15, 0.2) is 5.96 Å². The summed E-state index contributed by atoms with van der Waals surface area (Å²) in [6.07, 6.45) is 0. The van der Waals surface area contributed by atoms with E-state index in [9.17, 15) is 0 Å². The van der Waals surface area contributed by atoms with Crippen LogP contribution in [0.3, 0.4) is 0 Å². The van der Waals surface area contributed by atoms with Crippen molar-refractivity contribution in [1.29, 1.82) is 0 Å². The second kappa shape index (κ2) is 8.24. The first kappa shape index (κ1) is 17.8. The number of halogens is 1. The molecule has 1 rings (SSSR count). The van der Waals surface area contributed by atoms with Crippen LogP contribution < -0.4 is 15.4 Å². The molecule has 0 radical (unpaired) electrons. The van der Waals surface area contributed by atoms with Crippen molar-refractivity contribution in [3.05, 3.63) is 28.2 Å². The summed E-state index contributed by atoms with van der Waals surface area (Å²) in [5.41, 5.74) is 0.900. The Bertz CT molecular complexity index is 490. The largest absolute Gasteiger partial charge is 0.496 e. The van der Waals surface area contributed by atoms with Crippen LogP contribution in [0.25, 0.3) is 0 Å². The number of benzene rings is 1. The van der Waals surface area contributed by atoms with Gasteiger partial charge in [0.25, 0.3) is 0 Å². The molecule has 0 aliphatic rings. The van der Waals surface area contributed by atoms with E-state index in [1.165, 1.54) is 0 Å². The summed E-state index contributed by atoms with van der Waals surface area (Å²) >= 11 is 3.48. The monoisotopic (exact) mass is 357 g/mol. The number of guanidine groups is 1. The van der Waals surface area contributed by atoms with Gasteiger partial charge in [0.1, 0.15) is 5.75 Å². The molecule has 6 heteroatoms. The van der Waals surface area contributed by atoms with E-state index in [1.807, 2.05) is 32.0 Å². The summed E-state index contributed by atoms with van der Waals surface area (Å²) in [5.74, 6) is 1.56. The first-order chi connectivity index (χ1) is 9.91. The van der Waals surface area contributed by atoms with Crippen molar-refractivity contribution in [3.8, 4) is 5.75 Å². The van der Waals surface area contributed by atoms with Crippen LogP contribution in [0.4, 0.5) is 0 Å². The predicted octanol–water partition coefficient (Wildman–Crippen LogP) is 2.55. The Labute approximate surface area is 135 Å². The summed E-state index contributed by atoms with van der Waals surface area (Å²) < 4.78 is 11.5. The van der Waals surface area contributed by atoms with Crippen LogP contribution in [-0.2, 0) is 11.3 Å². The lowest BCUT2D eigenvalue weighted by molar-refractivity contribution is 0.0268. The van der Waals surface area contributed by atoms with E-state index in [1.54, 1.807) is 21.3 Å². The number of aliphatic imine (C=N–C) groups is 1. The molecule has 0 aromatic heterocycles. The van der Waals surface area contributed by atoms with Gasteiger partial charge < -0.3 is 20.1 Å². The minimum atomic E-state index is -0.235. The highest BCUT2D eigenvalue weighted by Gasteiger charge is 2.16. The molecule has 21 heavy (non-hydrogen) atoms. The third kappa shape index (κ3) is 5.93. The van der Waals surface area contributed by atoms with Gasteiger partial charge in [0.05, 0.1) is 17.2 Å². The van der Waals surface area contributed by atoms with Crippen LogP contribution >= 0.6 is 15.9 Å². The van der Waals surface area contributed by atoms with Crippen LogP contribution in [0.15, 0.2) is 27.7 Å². The van der Waals surface area contributed by atoms with Crippen molar-refractivity contribution in [1.82, 2.24) is 10.6 Å². The summed E-state index contributed by atoms with van der Waals surface area (Å²) in [7, 11) is 5.10. The van der Waals surface area contributed by atoms with Crippen molar-refractivity contribution >= 4 is 21.9 Å². The molecule has 0 aliphatic carbocycles. The molecule has 5 nitrogen and oxygen atoms in total. The van der Waals surface area contributed by atoms with Crippen molar-refractivity contribution in [2.45, 2.75) is 26.0 Å². The van der Waals surface area contributed by atoms with E-state index >= 15 is 0 Å². The number of nitrogens with one attached hydrogen (secondary N) is 2. The van der Waals surface area contributed by atoms with Crippen LogP contribution in [-0.4, -0.2) is 39.4 Å². The number of rotatable bonds is 6. The van der Waals surface area contributed by atoms with Crippen molar-refractivity contribution in [2.24, 2.45) is 4.99 Å². The molecule has 0 aliphatic heterocycles. The molecule has 0 fully saturated rings. The number of ether oxygens (including phenoxy) is 2. The molecule has 0 spiro atoms. The molecule has 118 valence electrons. The van der Waals surface area contributed by atoms with Gasteiger partial charge in [-0.05, 0) is 47.5 Å². The molecule has 1 aromatic rings. The van der Waals surface area contributed by atoms with Gasteiger partial charge in [0.2, 0.25) is 0 Å². The summed E-state index contributed by atoms with van der Waals surface area (Å²) in [5, 5.41) is 6.51. The molecule has 1 aromatic carbocycles. The van der Waals surface area contributed by atoms with E-state index in [0.29, 0.717) is 13.1 Å². The van der Waals surface area contributed by atoms with Crippen molar-refractivity contribution in [3.63, 3.8) is 0 Å². The number of hydrogen-bond donors (Lipinski definition) is 2. The lowest BCUT2D eigenvalue weighted by atomic mass is 10.1. The zero-order chi connectivity index (χ0) is 15.9. The Hall–Kier alpha value is -1.27. The van der Waals surface area contributed by atoms with Crippen LogP contribution in [0.2, 0.25) is 0 Å². The Morgan fingerprint density at radius 2 is 2.00 bits per heavy atom. The molecular formula is C15H24BrN3O2. The minimum absolute atomic E-state index is 0.235. The van der Waals surface area contributed by atoms with Gasteiger partial charge >= 0.3 is 0 Å². The molecule has 0 amide bonds. The van der Waals surface area contributed by atoms with Crippen LogP contribution in [0.1, 0.15) is 19.4 Å². The topological polar surface area (TPSA) is 54.9 Å². The van der Waals surface area contributed by atoms with Crippen LogP contribution in [0.5, 0.6) is 5.75 Å². The van der Waals surface area contributed by atoms with E-state index in [4.69, 9.17) is 9.47 Å². The number of hydrogen-bond acceptors (Lipinski definition) is 3. The number of nitrogens with zero attached hydrogens (tertiary/aromatic N) is 1. The van der Waals surface area contributed by atoms with Crippen molar-refractivity contribution in [2.75, 3.05) is 27.8 Å². The van der Waals surface area contributed by atoms with E-state index < -0.39 is 0 Å². The zero-order valence-electron chi connectivity index (χ0n) is 13.3. The highest BCUT2D eigenvalue weighted by atomic mass is 79.9. The third-order valence-electron chi connectivity index (χ3n) is 3.13. The first-order valence-electron chi connectivity index (χ1n) is 6.74. The summed E-state index contributed by atoms with van der Waals surface area (Å²) in [6, 6.07) is 5.98. The fourth-order valence-corrected chi connectivity index (χ4v) is 2.18. The smallest absolute Gasteiger partial charge is 0.191 e. The fourth-order valence-electron chi connectivity index (χ4n) is 1.59. The molecule has 2 N–H and O–H groups in total. The number of methoxy groups -OCH3 is 2. The molecule has 0 heterocycles. The maximum Gasteiger partial charge on any atom is 0.191 e. The maximum absolute atomic E-state index is 5.37. The second-order valence-corrected chi connectivity index (χ2v) is 6.07. The van der Waals surface area contributed by atoms with Gasteiger partial charge in [-0.25, -0.2) is 0 Å². The Morgan fingerprint density at radius 3 is 2.52 bits per heavy atom. The quantitative estimate of drug-likeness (QED) is 0.606. The van der Waals surface area contributed by atoms with Gasteiger partial charge in [-0.1, -0.05) is 6.07 Å². The molecular weight excluding hydrogens is 334 g/mol. The first-order valence-corrected chi connectivity index (χ1v) is 7.53. The highest BCUT2D eigenvalue weighted by molar-refractivity contribution is 9.10. The SMILES string of the molecule is CN=C(NCc1ccc(OC)c(Br)c1)NCC(C)(C)OC. The normalized spacial score (nSPS) is 12.2. The lowest BCUT2D eigenvalue weighted by Gasteiger charge is -2.24. The van der Waals surface area contributed by atoms with Crippen molar-refractivity contribution < 1.29 is 9.47 Å². The standard InChI is InChI=1S/C15H24BrN3O2/c1-15(2,21-5)10-19-14(17-3)18-9-11-6-7-13(20-4)12(16)8-11/h6-8H,9-10H2,1-5H3,(H2,17,18,19). The Kier molecular flexibility index (Phi) is 6.98. The second-order valence-electron chi connectivity index (χ2n) is 5.21. The van der Waals surface area contributed by atoms with E-state index in [0.717, 1.165) is 21.7 Å². The molecule has 0 bridgehead atoms. The minimum Gasteiger partial charge on any atom is -0.496 e. The average molecular weight is 358 g/mol. The average Bonchev–Trinajstić information content (AvgIpc) is 2.47. The third-order valence-corrected chi connectivity index (χ3v) is 3.75. The lowest BCUT2D eigenvalue weighted by Crippen LogP contribution is -2.45. The van der Waals surface area contributed by atoms with E-state index in [2.05, 4.69) is 31.6 Å². The Morgan fingerprint density at radius 1 is 1.29 bits per heavy atom. The fraction of sp³-hybridized carbons (Fsp3) is 0.533. The highest BCUT2D eigenvalue weighted by Crippen LogP contribution is 2.25. The van der Waals surface area contributed by atoms with Gasteiger partial charge in [-0.2, -0.15) is 0 Å². The van der Waals surface area contributed by atoms with Gasteiger partial charge in [-0.15, -0.1) is 0 Å². The maximum atomic E-state index is 5.37.